The summed E-state index contributed by atoms with van der Waals surface area (Å²) in [5.74, 6) is -0.151. The Labute approximate surface area is 193 Å². The highest BCUT2D eigenvalue weighted by molar-refractivity contribution is 6.66. The van der Waals surface area contributed by atoms with Crippen LogP contribution in [-0.2, 0) is 21.4 Å². The molecule has 0 bridgehead atoms. The normalized spacial score (nSPS) is 12.7. The maximum atomic E-state index is 12.7. The quantitative estimate of drug-likeness (QED) is 0.343. The van der Waals surface area contributed by atoms with Gasteiger partial charge in [-0.3, -0.25) is 4.79 Å². The van der Waals surface area contributed by atoms with Crippen molar-refractivity contribution < 1.29 is 9.32 Å². The number of rotatable bonds is 7. The zero-order valence-corrected chi connectivity index (χ0v) is 18.7. The lowest BCUT2D eigenvalue weighted by Gasteiger charge is -2.13. The molecule has 1 aromatic heterocycles. The van der Waals surface area contributed by atoms with E-state index in [4.69, 9.17) is 62.5 Å². The van der Waals surface area contributed by atoms with Gasteiger partial charge in [0.25, 0.3) is 9.68 Å². The number of hydrogen-bond acceptors (Lipinski definition) is 4. The Morgan fingerprint density at radius 3 is 2.00 bits per heavy atom. The fraction of sp³-hybridized carbons (Fsp3) is 0.250. The van der Waals surface area contributed by atoms with Gasteiger partial charge in [0, 0.05) is 28.8 Å². The van der Waals surface area contributed by atoms with Gasteiger partial charge in [-0.05, 0) is 41.8 Å². The molecule has 3 rings (SSSR count). The average Bonchev–Trinajstić information content (AvgIpc) is 3.15. The minimum Gasteiger partial charge on any atom is -0.335 e. The van der Waals surface area contributed by atoms with Crippen LogP contribution in [0.25, 0.3) is 0 Å². The summed E-state index contributed by atoms with van der Waals surface area (Å²) in [5, 5.41) is 5.18. The Morgan fingerprint density at radius 2 is 1.48 bits per heavy atom. The van der Waals surface area contributed by atoms with Gasteiger partial charge in [-0.15, -0.1) is 0 Å². The van der Waals surface area contributed by atoms with E-state index in [0.29, 0.717) is 22.3 Å². The van der Waals surface area contributed by atoms with Gasteiger partial charge in [0.05, 0.1) is 0 Å². The monoisotopic (exact) mass is 490 g/mol. The second kappa shape index (κ2) is 9.67. The summed E-state index contributed by atoms with van der Waals surface area (Å²) in [5.41, 5.74) is 1.85. The Kier molecular flexibility index (Phi) is 7.47. The van der Waals surface area contributed by atoms with E-state index in [1.54, 1.807) is 24.3 Å². The van der Waals surface area contributed by atoms with Crippen LogP contribution in [0.4, 0.5) is 0 Å². The second-order valence-electron chi connectivity index (χ2n) is 6.53. The number of nitrogens with zero attached hydrogens (tertiary/aromatic N) is 2. The van der Waals surface area contributed by atoms with Gasteiger partial charge in [0.1, 0.15) is 5.78 Å². The summed E-state index contributed by atoms with van der Waals surface area (Å²) in [6.07, 6.45) is 0.968. The van der Waals surface area contributed by atoms with Gasteiger partial charge in [0.2, 0.25) is 0 Å². The summed E-state index contributed by atoms with van der Waals surface area (Å²) in [4.78, 5) is 16.9. The molecule has 29 heavy (non-hydrogen) atoms. The van der Waals surface area contributed by atoms with Crippen molar-refractivity contribution in [2.75, 3.05) is 0 Å². The van der Waals surface area contributed by atoms with E-state index >= 15 is 0 Å². The number of alkyl halides is 3. The standard InChI is InChI=1S/C20H15Cl5N2O2/c21-15-5-1-12(2-6-15)9-14(18-26-19(29-27-18)20(23,24)25)11-17(28)10-13-3-7-16(22)8-4-13/h1-8,14H,9-11H2/t14-/m1/s1. The number of aromatic nitrogens is 2. The fourth-order valence-corrected chi connectivity index (χ4v) is 3.33. The molecule has 0 aliphatic rings. The van der Waals surface area contributed by atoms with Crippen LogP contribution in [0.1, 0.15) is 35.2 Å². The molecule has 0 amide bonds. The third-order valence-electron chi connectivity index (χ3n) is 4.23. The molecule has 0 saturated carbocycles. The summed E-state index contributed by atoms with van der Waals surface area (Å²) >= 11 is 29.3. The first-order valence-electron chi connectivity index (χ1n) is 8.62. The number of carbonyl (C=O) groups excluding carboxylic acids is 1. The fourth-order valence-electron chi connectivity index (χ4n) is 2.85. The molecular weight excluding hydrogens is 477 g/mol. The second-order valence-corrected chi connectivity index (χ2v) is 9.68. The number of benzene rings is 2. The van der Waals surface area contributed by atoms with E-state index < -0.39 is 3.79 Å². The Morgan fingerprint density at radius 1 is 0.931 bits per heavy atom. The van der Waals surface area contributed by atoms with Crippen molar-refractivity contribution in [1.82, 2.24) is 10.1 Å². The van der Waals surface area contributed by atoms with Crippen LogP contribution in [0.15, 0.2) is 53.1 Å². The molecule has 1 atom stereocenters. The molecule has 0 aliphatic heterocycles. The van der Waals surface area contributed by atoms with Crippen LogP contribution in [0.3, 0.4) is 0 Å². The molecule has 0 fully saturated rings. The molecule has 2 aromatic carbocycles. The third-order valence-corrected chi connectivity index (χ3v) is 5.22. The highest BCUT2D eigenvalue weighted by Gasteiger charge is 2.32. The summed E-state index contributed by atoms with van der Waals surface area (Å²) < 4.78 is 3.25. The van der Waals surface area contributed by atoms with Crippen LogP contribution in [0, 0.1) is 0 Å². The molecule has 0 N–H and O–H groups in total. The van der Waals surface area contributed by atoms with Crippen molar-refractivity contribution in [2.45, 2.75) is 29.0 Å². The number of carbonyl (C=O) groups is 1. The number of ketones is 1. The van der Waals surface area contributed by atoms with E-state index in [0.717, 1.165) is 11.1 Å². The lowest BCUT2D eigenvalue weighted by Crippen LogP contribution is -2.14. The predicted molar refractivity (Wildman–Crippen MR) is 116 cm³/mol. The molecule has 152 valence electrons. The van der Waals surface area contributed by atoms with Gasteiger partial charge < -0.3 is 4.52 Å². The molecule has 3 aromatic rings. The van der Waals surface area contributed by atoms with Gasteiger partial charge in [-0.25, -0.2) is 0 Å². The van der Waals surface area contributed by atoms with Gasteiger partial charge in [0.15, 0.2) is 5.82 Å². The summed E-state index contributed by atoms with van der Waals surface area (Å²) in [6.45, 7) is 0. The Bertz CT molecular complexity index is 966. The van der Waals surface area contributed by atoms with Crippen LogP contribution in [0.5, 0.6) is 0 Å². The van der Waals surface area contributed by atoms with Crippen molar-refractivity contribution in [3.05, 3.63) is 81.4 Å². The highest BCUT2D eigenvalue weighted by atomic mass is 35.6. The first-order valence-corrected chi connectivity index (χ1v) is 10.5. The van der Waals surface area contributed by atoms with Crippen LogP contribution in [0.2, 0.25) is 10.0 Å². The molecule has 0 radical (unpaired) electrons. The van der Waals surface area contributed by atoms with Crippen LogP contribution < -0.4 is 0 Å². The number of Topliss-reactive ketones (excluding diaryl/α,β-unsaturated/α-hetero) is 1. The van der Waals surface area contributed by atoms with Crippen molar-refractivity contribution in [3.8, 4) is 0 Å². The Hall–Kier alpha value is -1.30. The molecule has 4 nitrogen and oxygen atoms in total. The van der Waals surface area contributed by atoms with Crippen molar-refractivity contribution in [1.29, 1.82) is 0 Å². The average molecular weight is 493 g/mol. The van der Waals surface area contributed by atoms with Crippen molar-refractivity contribution >= 4 is 63.8 Å². The zero-order chi connectivity index (χ0) is 21.0. The minimum atomic E-state index is -1.83. The summed E-state index contributed by atoms with van der Waals surface area (Å²) in [6, 6.07) is 14.5. The predicted octanol–water partition coefficient (Wildman–Crippen LogP) is 6.73. The van der Waals surface area contributed by atoms with Crippen molar-refractivity contribution in [2.24, 2.45) is 0 Å². The SMILES string of the molecule is O=C(Cc1ccc(Cl)cc1)C[C@@H](Cc1ccc(Cl)cc1)c1noc(C(Cl)(Cl)Cl)n1. The molecule has 9 heteroatoms. The minimum absolute atomic E-state index is 0.0199. The third kappa shape index (κ3) is 6.59. The number of halogens is 5. The lowest BCUT2D eigenvalue weighted by atomic mass is 9.91. The van der Waals surface area contributed by atoms with E-state index in [1.807, 2.05) is 24.3 Å². The van der Waals surface area contributed by atoms with Crippen LogP contribution in [-0.4, -0.2) is 15.9 Å². The maximum absolute atomic E-state index is 12.7. The molecular formula is C20H15Cl5N2O2. The lowest BCUT2D eigenvalue weighted by molar-refractivity contribution is -0.118. The molecule has 0 unspecified atom stereocenters. The topological polar surface area (TPSA) is 56.0 Å². The summed E-state index contributed by atoms with van der Waals surface area (Å²) in [7, 11) is 0. The first kappa shape index (κ1) is 22.4. The molecule has 1 heterocycles. The zero-order valence-electron chi connectivity index (χ0n) is 14.9. The van der Waals surface area contributed by atoms with E-state index in [1.165, 1.54) is 0 Å². The molecule has 0 saturated heterocycles. The van der Waals surface area contributed by atoms with Gasteiger partial charge in [-0.2, -0.15) is 4.98 Å². The number of hydrogen-bond donors (Lipinski definition) is 0. The first-order chi connectivity index (χ1) is 13.7. The van der Waals surface area contributed by atoms with Crippen LogP contribution >= 0.6 is 58.0 Å². The highest BCUT2D eigenvalue weighted by Crippen LogP contribution is 2.38. The maximum Gasteiger partial charge on any atom is 0.278 e. The van der Waals surface area contributed by atoms with E-state index in [9.17, 15) is 4.79 Å². The largest absolute Gasteiger partial charge is 0.335 e. The van der Waals surface area contributed by atoms with Gasteiger partial charge in [-0.1, -0.05) is 87.4 Å². The smallest absolute Gasteiger partial charge is 0.278 e. The molecule has 0 aliphatic carbocycles. The van der Waals surface area contributed by atoms with Gasteiger partial charge >= 0.3 is 0 Å². The van der Waals surface area contributed by atoms with E-state index in [-0.39, 0.29) is 30.4 Å². The van der Waals surface area contributed by atoms with E-state index in [2.05, 4.69) is 10.1 Å². The molecule has 0 spiro atoms. The van der Waals surface area contributed by atoms with Crippen molar-refractivity contribution in [3.63, 3.8) is 0 Å². The Balaban J connectivity index is 1.79.